The van der Waals surface area contributed by atoms with Gasteiger partial charge in [0.05, 0.1) is 11.7 Å². The van der Waals surface area contributed by atoms with Crippen molar-refractivity contribution in [2.24, 2.45) is 5.41 Å². The van der Waals surface area contributed by atoms with Gasteiger partial charge in [0.1, 0.15) is 5.82 Å². The minimum atomic E-state index is -1.60. The summed E-state index contributed by atoms with van der Waals surface area (Å²) in [6.07, 6.45) is 0.351. The molecule has 5 rings (SSSR count). The third kappa shape index (κ3) is 3.37. The Morgan fingerprint density at radius 2 is 1.82 bits per heavy atom. The van der Waals surface area contributed by atoms with Gasteiger partial charge in [0.15, 0.2) is 5.41 Å². The first-order chi connectivity index (χ1) is 16.3. The minimum absolute atomic E-state index is 0.0371. The van der Waals surface area contributed by atoms with E-state index in [2.05, 4.69) is 16.0 Å². The standard InChI is InChI=1S/C24H24FN5O4/c1-2-20(31)26-15-7-8-17-14(11-15)12-24(21(32)27-23(34)28-22(24)33)19-13-29(9-10-30(17)19)18-6-4-3-5-16(18)25/h3-8,11,19H,2,9-10,12-13H2,1H3,(H,26,31)(H2,27,28,32,33,34). The van der Waals surface area contributed by atoms with Crippen molar-refractivity contribution in [3.8, 4) is 0 Å². The molecule has 176 valence electrons. The SMILES string of the molecule is CCC(=O)Nc1ccc2c(c1)CC1(C(=O)NC(=O)NC1=O)C1CN(c3ccccc3F)CCN21. The number of rotatable bonds is 3. The fourth-order valence-corrected chi connectivity index (χ4v) is 5.20. The van der Waals surface area contributed by atoms with E-state index in [4.69, 9.17) is 0 Å². The van der Waals surface area contributed by atoms with Gasteiger partial charge in [-0.2, -0.15) is 0 Å². The van der Waals surface area contributed by atoms with Crippen LogP contribution in [0.15, 0.2) is 42.5 Å². The number of amides is 5. The molecule has 10 heteroatoms. The lowest BCUT2D eigenvalue weighted by atomic mass is 9.68. The molecule has 0 radical (unpaired) electrons. The molecule has 0 bridgehead atoms. The van der Waals surface area contributed by atoms with Crippen LogP contribution in [0.1, 0.15) is 18.9 Å². The summed E-state index contributed by atoms with van der Waals surface area (Å²) in [6.45, 7) is 2.87. The largest absolute Gasteiger partial charge is 0.365 e. The summed E-state index contributed by atoms with van der Waals surface area (Å²) in [5.74, 6) is -1.90. The zero-order valence-corrected chi connectivity index (χ0v) is 18.6. The van der Waals surface area contributed by atoms with E-state index in [1.54, 1.807) is 37.3 Å². The molecular weight excluding hydrogens is 441 g/mol. The number of barbiturate groups is 1. The van der Waals surface area contributed by atoms with Crippen LogP contribution in [0.2, 0.25) is 0 Å². The first-order valence-corrected chi connectivity index (χ1v) is 11.2. The van der Waals surface area contributed by atoms with Crippen LogP contribution >= 0.6 is 0 Å². The molecular formula is C24H24FN5O4. The van der Waals surface area contributed by atoms with E-state index >= 15 is 0 Å². The molecule has 2 aromatic carbocycles. The summed E-state index contributed by atoms with van der Waals surface area (Å²) in [5.41, 5.74) is 0.920. The van der Waals surface area contributed by atoms with Gasteiger partial charge in [-0.05, 0) is 42.3 Å². The maximum absolute atomic E-state index is 14.6. The maximum Gasteiger partial charge on any atom is 0.328 e. The highest BCUT2D eigenvalue weighted by atomic mass is 19.1. The molecule has 3 heterocycles. The smallest absolute Gasteiger partial charge is 0.328 e. The van der Waals surface area contributed by atoms with Crippen molar-refractivity contribution in [1.82, 2.24) is 10.6 Å². The number of carbonyl (C=O) groups excluding carboxylic acids is 4. The Hall–Kier alpha value is -3.95. The van der Waals surface area contributed by atoms with Crippen LogP contribution in [0, 0.1) is 11.2 Å². The van der Waals surface area contributed by atoms with Crippen LogP contribution in [0.5, 0.6) is 0 Å². The number of para-hydroxylation sites is 1. The first kappa shape index (κ1) is 21.9. The molecule has 2 fully saturated rings. The van der Waals surface area contributed by atoms with Crippen molar-refractivity contribution < 1.29 is 23.6 Å². The number of benzene rings is 2. The highest BCUT2D eigenvalue weighted by Gasteiger charge is 2.61. The van der Waals surface area contributed by atoms with Crippen LogP contribution in [-0.2, 0) is 20.8 Å². The van der Waals surface area contributed by atoms with Gasteiger partial charge in [-0.1, -0.05) is 19.1 Å². The molecule has 0 saturated carbocycles. The number of nitrogens with one attached hydrogen (secondary N) is 3. The van der Waals surface area contributed by atoms with Gasteiger partial charge in [0.2, 0.25) is 17.7 Å². The first-order valence-electron chi connectivity index (χ1n) is 11.2. The number of piperazine rings is 1. The monoisotopic (exact) mass is 465 g/mol. The predicted octanol–water partition coefficient (Wildman–Crippen LogP) is 1.78. The van der Waals surface area contributed by atoms with Gasteiger partial charge < -0.3 is 15.1 Å². The molecule has 0 aromatic heterocycles. The molecule has 1 atom stereocenters. The van der Waals surface area contributed by atoms with E-state index in [0.717, 1.165) is 5.69 Å². The van der Waals surface area contributed by atoms with Gasteiger partial charge in [-0.25, -0.2) is 9.18 Å². The molecule has 1 unspecified atom stereocenters. The lowest BCUT2D eigenvalue weighted by Crippen LogP contribution is -2.74. The lowest BCUT2D eigenvalue weighted by molar-refractivity contribution is -0.146. The highest BCUT2D eigenvalue weighted by molar-refractivity contribution is 6.20. The van der Waals surface area contributed by atoms with Gasteiger partial charge in [0, 0.05) is 37.4 Å². The molecule has 2 aromatic rings. The second kappa shape index (κ2) is 8.12. The Morgan fingerprint density at radius 1 is 1.09 bits per heavy atom. The number of fused-ring (bicyclic) bond motifs is 4. The number of carbonyl (C=O) groups is 4. The van der Waals surface area contributed by atoms with Crippen molar-refractivity contribution in [2.75, 3.05) is 34.8 Å². The summed E-state index contributed by atoms with van der Waals surface area (Å²) >= 11 is 0. The quantitative estimate of drug-likeness (QED) is 0.596. The second-order valence-corrected chi connectivity index (χ2v) is 8.74. The zero-order chi connectivity index (χ0) is 24.0. The second-order valence-electron chi connectivity index (χ2n) is 8.74. The maximum atomic E-state index is 14.6. The van der Waals surface area contributed by atoms with Gasteiger partial charge in [-0.3, -0.25) is 25.0 Å². The highest BCUT2D eigenvalue weighted by Crippen LogP contribution is 2.45. The van der Waals surface area contributed by atoms with Crippen LogP contribution < -0.4 is 25.8 Å². The number of hydrogen-bond acceptors (Lipinski definition) is 6. The molecule has 1 spiro atoms. The van der Waals surface area contributed by atoms with Crippen molar-refractivity contribution in [3.63, 3.8) is 0 Å². The number of nitrogens with zero attached hydrogens (tertiary/aromatic N) is 2. The van der Waals surface area contributed by atoms with Crippen molar-refractivity contribution in [2.45, 2.75) is 25.8 Å². The van der Waals surface area contributed by atoms with E-state index < -0.39 is 29.3 Å². The molecule has 9 nitrogen and oxygen atoms in total. The summed E-state index contributed by atoms with van der Waals surface area (Å²) < 4.78 is 14.6. The van der Waals surface area contributed by atoms with Gasteiger partial charge >= 0.3 is 6.03 Å². The summed E-state index contributed by atoms with van der Waals surface area (Å²) in [5, 5.41) is 7.32. The minimum Gasteiger partial charge on any atom is -0.365 e. The Kier molecular flexibility index (Phi) is 5.22. The van der Waals surface area contributed by atoms with Crippen molar-refractivity contribution in [3.05, 3.63) is 53.8 Å². The summed E-state index contributed by atoms with van der Waals surface area (Å²) in [7, 11) is 0. The Balaban J connectivity index is 1.59. The van der Waals surface area contributed by atoms with Crippen LogP contribution in [-0.4, -0.2) is 49.4 Å². The number of imide groups is 2. The number of hydrogen-bond donors (Lipinski definition) is 3. The van der Waals surface area contributed by atoms with Gasteiger partial charge in [-0.15, -0.1) is 0 Å². The fourth-order valence-electron chi connectivity index (χ4n) is 5.20. The Labute approximate surface area is 195 Å². The molecule has 3 aliphatic rings. The van der Waals surface area contributed by atoms with E-state index in [0.29, 0.717) is 36.4 Å². The third-order valence-corrected chi connectivity index (χ3v) is 6.87. The Morgan fingerprint density at radius 3 is 2.53 bits per heavy atom. The van der Waals surface area contributed by atoms with Crippen LogP contribution in [0.25, 0.3) is 0 Å². The average molecular weight is 465 g/mol. The van der Waals surface area contributed by atoms with Crippen molar-refractivity contribution >= 4 is 40.8 Å². The predicted molar refractivity (Wildman–Crippen MR) is 123 cm³/mol. The van der Waals surface area contributed by atoms with Crippen LogP contribution in [0.4, 0.5) is 26.2 Å². The number of halogens is 1. The molecule has 2 saturated heterocycles. The van der Waals surface area contributed by atoms with E-state index in [1.165, 1.54) is 6.07 Å². The van der Waals surface area contributed by atoms with Gasteiger partial charge in [0.25, 0.3) is 0 Å². The number of urea groups is 1. The lowest BCUT2D eigenvalue weighted by Gasteiger charge is -2.54. The summed E-state index contributed by atoms with van der Waals surface area (Å²) in [4.78, 5) is 54.2. The molecule has 3 aliphatic heterocycles. The zero-order valence-electron chi connectivity index (χ0n) is 18.6. The molecule has 0 aliphatic carbocycles. The van der Waals surface area contributed by atoms with E-state index in [9.17, 15) is 23.6 Å². The van der Waals surface area contributed by atoms with Crippen LogP contribution in [0.3, 0.4) is 0 Å². The van der Waals surface area contributed by atoms with E-state index in [-0.39, 0.29) is 24.7 Å². The third-order valence-electron chi connectivity index (χ3n) is 6.87. The molecule has 3 N–H and O–H groups in total. The topological polar surface area (TPSA) is 111 Å². The molecule has 5 amide bonds. The Bertz CT molecular complexity index is 1200. The fraction of sp³-hybridized carbons (Fsp3) is 0.333. The summed E-state index contributed by atoms with van der Waals surface area (Å²) in [6, 6.07) is 10.3. The molecule has 34 heavy (non-hydrogen) atoms. The average Bonchev–Trinajstić information content (AvgIpc) is 2.82. The number of anilines is 3. The van der Waals surface area contributed by atoms with E-state index in [1.807, 2.05) is 15.9 Å². The normalized spacial score (nSPS) is 20.9. The van der Waals surface area contributed by atoms with Crippen molar-refractivity contribution in [1.29, 1.82) is 0 Å².